The number of morpholine rings is 1. The minimum atomic E-state index is -0.838. The van der Waals surface area contributed by atoms with Crippen molar-refractivity contribution in [2.45, 2.75) is 37.1 Å². The van der Waals surface area contributed by atoms with Crippen LogP contribution >= 0.6 is 0 Å². The van der Waals surface area contributed by atoms with E-state index in [4.69, 9.17) is 4.74 Å². The van der Waals surface area contributed by atoms with E-state index in [2.05, 4.69) is 46.3 Å². The molecule has 2 fully saturated rings. The molecule has 138 valence electrons. The number of hydrogen-bond donors (Lipinski definition) is 1. The predicted octanol–water partition coefficient (Wildman–Crippen LogP) is 3.49. The smallest absolute Gasteiger partial charge is 0.0935 e. The Balaban J connectivity index is 1.48. The summed E-state index contributed by atoms with van der Waals surface area (Å²) in [5, 5.41) is 12.8. The second-order valence-electron chi connectivity index (χ2n) is 7.82. The van der Waals surface area contributed by atoms with Gasteiger partial charge in [-0.15, -0.1) is 0 Å². The molecule has 1 aromatic heterocycles. The third-order valence-corrected chi connectivity index (χ3v) is 6.06. The first-order valence-corrected chi connectivity index (χ1v) is 9.67. The van der Waals surface area contributed by atoms with Crippen molar-refractivity contribution in [3.05, 3.63) is 78.0 Å². The number of para-hydroxylation sites is 1. The summed E-state index contributed by atoms with van der Waals surface area (Å²) in [5.41, 5.74) is 2.42. The number of aliphatic hydroxyl groups is 1. The van der Waals surface area contributed by atoms with Crippen molar-refractivity contribution in [3.8, 4) is 0 Å². The number of benzene rings is 2. The van der Waals surface area contributed by atoms with Crippen molar-refractivity contribution < 1.29 is 9.84 Å². The van der Waals surface area contributed by atoms with E-state index in [1.807, 2.05) is 30.5 Å². The average Bonchev–Trinajstić information content (AvgIpc) is 2.69. The highest BCUT2D eigenvalue weighted by molar-refractivity contribution is 5.82. The standard InChI is InChI=1S/C23H24N2O2/c26-23(21-10-11-24-22-9-5-4-8-20(21)22)12-18-15-27-16-19(13-23)25(18)14-17-6-2-1-3-7-17/h1-11,18-19,26H,12-16H2. The minimum absolute atomic E-state index is 0.217. The first-order valence-electron chi connectivity index (χ1n) is 9.67. The van der Waals surface area contributed by atoms with Gasteiger partial charge >= 0.3 is 0 Å². The van der Waals surface area contributed by atoms with Crippen molar-refractivity contribution in [2.75, 3.05) is 13.2 Å². The molecule has 2 aliphatic rings. The Bertz CT molecular complexity index is 924. The number of hydrogen-bond acceptors (Lipinski definition) is 4. The number of nitrogens with zero attached hydrogens (tertiary/aromatic N) is 2. The molecule has 0 aliphatic carbocycles. The average molecular weight is 360 g/mol. The van der Waals surface area contributed by atoms with E-state index in [1.165, 1.54) is 5.56 Å². The van der Waals surface area contributed by atoms with Crippen LogP contribution in [-0.2, 0) is 16.9 Å². The maximum atomic E-state index is 11.7. The molecule has 4 nitrogen and oxygen atoms in total. The topological polar surface area (TPSA) is 45.6 Å². The van der Waals surface area contributed by atoms with E-state index in [1.54, 1.807) is 0 Å². The van der Waals surface area contributed by atoms with Crippen LogP contribution < -0.4 is 0 Å². The van der Waals surface area contributed by atoms with Crippen LogP contribution in [0.15, 0.2) is 66.9 Å². The number of ether oxygens (including phenoxy) is 1. The fourth-order valence-electron chi connectivity index (χ4n) is 4.82. The van der Waals surface area contributed by atoms with Gasteiger partial charge < -0.3 is 9.84 Å². The van der Waals surface area contributed by atoms with E-state index in [0.717, 1.165) is 23.0 Å². The first-order chi connectivity index (χ1) is 13.2. The van der Waals surface area contributed by atoms with Gasteiger partial charge in [-0.25, -0.2) is 0 Å². The Hall–Kier alpha value is -2.27. The summed E-state index contributed by atoms with van der Waals surface area (Å²) < 4.78 is 5.86. The second kappa shape index (κ2) is 6.71. The Morgan fingerprint density at radius 2 is 1.67 bits per heavy atom. The highest BCUT2D eigenvalue weighted by Gasteiger charge is 2.47. The molecule has 2 aliphatic heterocycles. The van der Waals surface area contributed by atoms with Crippen molar-refractivity contribution in [1.82, 2.24) is 9.88 Å². The third-order valence-electron chi connectivity index (χ3n) is 6.06. The van der Waals surface area contributed by atoms with Crippen LogP contribution in [0.2, 0.25) is 0 Å². The van der Waals surface area contributed by atoms with Crippen LogP contribution in [0.5, 0.6) is 0 Å². The zero-order valence-electron chi connectivity index (χ0n) is 15.3. The summed E-state index contributed by atoms with van der Waals surface area (Å²) in [4.78, 5) is 6.99. The lowest BCUT2D eigenvalue weighted by Gasteiger charge is -2.52. The maximum Gasteiger partial charge on any atom is 0.0935 e. The van der Waals surface area contributed by atoms with Gasteiger partial charge in [0.2, 0.25) is 0 Å². The molecular formula is C23H24N2O2. The molecule has 4 heteroatoms. The Morgan fingerprint density at radius 1 is 0.963 bits per heavy atom. The van der Waals surface area contributed by atoms with Crippen LogP contribution in [0.25, 0.3) is 10.9 Å². The number of piperidine rings is 1. The molecule has 3 aromatic rings. The van der Waals surface area contributed by atoms with E-state index in [9.17, 15) is 5.11 Å². The highest BCUT2D eigenvalue weighted by atomic mass is 16.5. The SMILES string of the molecule is OC1(c2ccnc3ccccc23)CC2COCC(C1)N2Cc1ccccc1. The fourth-order valence-corrected chi connectivity index (χ4v) is 4.82. The van der Waals surface area contributed by atoms with Gasteiger partial charge in [-0.1, -0.05) is 48.5 Å². The molecule has 5 rings (SSSR count). The van der Waals surface area contributed by atoms with Crippen molar-refractivity contribution in [2.24, 2.45) is 0 Å². The van der Waals surface area contributed by atoms with Gasteiger partial charge in [-0.3, -0.25) is 9.88 Å². The number of pyridine rings is 1. The van der Waals surface area contributed by atoms with Gasteiger partial charge in [0.05, 0.1) is 24.3 Å². The van der Waals surface area contributed by atoms with Crippen LogP contribution in [0, 0.1) is 0 Å². The molecule has 0 saturated carbocycles. The predicted molar refractivity (Wildman–Crippen MR) is 105 cm³/mol. The molecule has 1 N–H and O–H groups in total. The van der Waals surface area contributed by atoms with Crippen LogP contribution in [0.1, 0.15) is 24.0 Å². The first kappa shape index (κ1) is 16.9. The lowest BCUT2D eigenvalue weighted by Crippen LogP contribution is -2.60. The van der Waals surface area contributed by atoms with Gasteiger partial charge in [-0.05, 0) is 36.1 Å². The molecule has 27 heavy (non-hydrogen) atoms. The third kappa shape index (κ3) is 3.04. The normalized spacial score (nSPS) is 28.3. The Labute approximate surface area is 159 Å². The summed E-state index contributed by atoms with van der Waals surface area (Å²) in [6, 6.07) is 21.1. The van der Waals surface area contributed by atoms with Gasteiger partial charge in [0, 0.05) is 30.2 Å². The molecule has 3 heterocycles. The lowest BCUT2D eigenvalue weighted by atomic mass is 9.75. The maximum absolute atomic E-state index is 11.7. The summed E-state index contributed by atoms with van der Waals surface area (Å²) in [6.07, 6.45) is 3.19. The van der Waals surface area contributed by atoms with E-state index >= 15 is 0 Å². The van der Waals surface area contributed by atoms with Crippen molar-refractivity contribution >= 4 is 10.9 Å². The molecule has 0 amide bonds. The quantitative estimate of drug-likeness (QED) is 0.777. The van der Waals surface area contributed by atoms with Crippen LogP contribution in [-0.4, -0.2) is 40.3 Å². The molecule has 2 unspecified atom stereocenters. The Kier molecular flexibility index (Phi) is 4.20. The number of fused-ring (bicyclic) bond motifs is 3. The van der Waals surface area contributed by atoms with Crippen LogP contribution in [0.4, 0.5) is 0 Å². The summed E-state index contributed by atoms with van der Waals surface area (Å²) in [5.74, 6) is 0. The molecule has 0 spiro atoms. The van der Waals surface area contributed by atoms with E-state index < -0.39 is 5.60 Å². The monoisotopic (exact) mass is 360 g/mol. The molecule has 2 aromatic carbocycles. The summed E-state index contributed by atoms with van der Waals surface area (Å²) in [6.45, 7) is 2.26. The van der Waals surface area contributed by atoms with E-state index in [0.29, 0.717) is 26.1 Å². The lowest BCUT2D eigenvalue weighted by molar-refractivity contribution is -0.149. The van der Waals surface area contributed by atoms with Crippen LogP contribution in [0.3, 0.4) is 0 Å². The van der Waals surface area contributed by atoms with Crippen molar-refractivity contribution in [3.63, 3.8) is 0 Å². The zero-order valence-corrected chi connectivity index (χ0v) is 15.3. The zero-order chi connectivity index (χ0) is 18.3. The molecule has 2 atom stereocenters. The largest absolute Gasteiger partial charge is 0.385 e. The molecular weight excluding hydrogens is 336 g/mol. The molecule has 2 bridgehead atoms. The minimum Gasteiger partial charge on any atom is -0.385 e. The second-order valence-corrected chi connectivity index (χ2v) is 7.82. The highest BCUT2D eigenvalue weighted by Crippen LogP contribution is 2.43. The van der Waals surface area contributed by atoms with Gasteiger partial charge in [0.15, 0.2) is 0 Å². The van der Waals surface area contributed by atoms with Crippen molar-refractivity contribution in [1.29, 1.82) is 0 Å². The number of rotatable bonds is 3. The summed E-state index contributed by atoms with van der Waals surface area (Å²) >= 11 is 0. The fraction of sp³-hybridized carbons (Fsp3) is 0.348. The van der Waals surface area contributed by atoms with Gasteiger partial charge in [0.25, 0.3) is 0 Å². The number of aromatic nitrogens is 1. The summed E-state index contributed by atoms with van der Waals surface area (Å²) in [7, 11) is 0. The van der Waals surface area contributed by atoms with E-state index in [-0.39, 0.29) is 12.1 Å². The Morgan fingerprint density at radius 3 is 2.44 bits per heavy atom. The van der Waals surface area contributed by atoms with Gasteiger partial charge in [-0.2, -0.15) is 0 Å². The molecule has 0 radical (unpaired) electrons. The molecule has 2 saturated heterocycles. The van der Waals surface area contributed by atoms with Gasteiger partial charge in [0.1, 0.15) is 0 Å².